The first-order chi connectivity index (χ1) is 13.1. The minimum atomic E-state index is -0.606. The highest BCUT2D eigenvalue weighted by Crippen LogP contribution is 2.61. The Kier molecular flexibility index (Phi) is 3.12. The van der Waals surface area contributed by atoms with Gasteiger partial charge < -0.3 is 14.2 Å². The van der Waals surface area contributed by atoms with Gasteiger partial charge in [-0.25, -0.2) is 4.79 Å². The molecule has 0 N–H and O–H groups in total. The molecule has 1 saturated carbocycles. The second-order valence-electron chi connectivity index (χ2n) is 9.15. The molecule has 0 aromatic heterocycles. The fourth-order valence-electron chi connectivity index (χ4n) is 6.54. The number of rotatable bonds is 2. The molecule has 6 rings (SSSR count). The molecule has 0 unspecified atom stereocenters. The second kappa shape index (κ2) is 5.27. The van der Waals surface area contributed by atoms with Crippen LogP contribution in [0.15, 0.2) is 35.1 Å². The lowest BCUT2D eigenvalue weighted by atomic mass is 9.71. The fraction of sp³-hybridized carbons (Fsp3) is 0.636. The standard InChI is InChI=1S/C22H24O5/c1-22-13-7-6-12(8-13)17(22)20(27-21(22)24)25-10-16-15-9-11-4-2-3-5-14(11)18(15)26-19(16)23/h6-7,10,12-13,15,17-18,20H,2-5,8-9H2,1H3/b16-10+/t12-,13+,15-,17+,18-,20-,22+/m1/s1. The smallest absolute Gasteiger partial charge is 0.338 e. The van der Waals surface area contributed by atoms with Crippen LogP contribution < -0.4 is 0 Å². The van der Waals surface area contributed by atoms with Gasteiger partial charge in [0.25, 0.3) is 0 Å². The van der Waals surface area contributed by atoms with Crippen molar-refractivity contribution in [2.75, 3.05) is 0 Å². The third-order valence-corrected chi connectivity index (χ3v) is 8.00. The van der Waals surface area contributed by atoms with Crippen molar-refractivity contribution in [3.8, 4) is 0 Å². The van der Waals surface area contributed by atoms with Gasteiger partial charge in [-0.2, -0.15) is 0 Å². The molecule has 5 heteroatoms. The monoisotopic (exact) mass is 368 g/mol. The maximum Gasteiger partial charge on any atom is 0.338 e. The Bertz CT molecular complexity index is 836. The van der Waals surface area contributed by atoms with E-state index >= 15 is 0 Å². The van der Waals surface area contributed by atoms with Gasteiger partial charge in [-0.1, -0.05) is 17.7 Å². The Hall–Kier alpha value is -2.04. The van der Waals surface area contributed by atoms with Gasteiger partial charge in [-0.05, 0) is 62.9 Å². The van der Waals surface area contributed by atoms with Crippen molar-refractivity contribution in [2.45, 2.75) is 57.8 Å². The van der Waals surface area contributed by atoms with Crippen LogP contribution in [-0.2, 0) is 23.8 Å². The van der Waals surface area contributed by atoms with E-state index in [9.17, 15) is 9.59 Å². The lowest BCUT2D eigenvalue weighted by Gasteiger charge is -2.28. The molecule has 7 atom stereocenters. The zero-order valence-corrected chi connectivity index (χ0v) is 15.5. The van der Waals surface area contributed by atoms with E-state index in [1.165, 1.54) is 24.0 Å². The molecule has 0 amide bonds. The highest BCUT2D eigenvalue weighted by Gasteiger charge is 2.67. The lowest BCUT2D eigenvalue weighted by Crippen LogP contribution is -2.35. The zero-order valence-electron chi connectivity index (χ0n) is 15.5. The molecule has 3 fully saturated rings. The largest absolute Gasteiger partial charge is 0.461 e. The summed E-state index contributed by atoms with van der Waals surface area (Å²) >= 11 is 0. The Labute approximate surface area is 158 Å². The predicted molar refractivity (Wildman–Crippen MR) is 94.9 cm³/mol. The molecule has 2 saturated heterocycles. The molecule has 6 aliphatic rings. The number of allylic oxidation sites excluding steroid dienone is 3. The Morgan fingerprint density at radius 3 is 2.93 bits per heavy atom. The summed E-state index contributed by atoms with van der Waals surface area (Å²) in [5.74, 6) is 0.218. The molecule has 4 aliphatic carbocycles. The number of carbonyl (C=O) groups excluding carboxylic acids is 2. The van der Waals surface area contributed by atoms with Crippen LogP contribution in [0.5, 0.6) is 0 Å². The lowest BCUT2D eigenvalue weighted by molar-refractivity contribution is -0.161. The molecule has 0 radical (unpaired) electrons. The highest BCUT2D eigenvalue weighted by atomic mass is 16.7. The summed E-state index contributed by atoms with van der Waals surface area (Å²) < 4.78 is 17.3. The molecule has 0 aromatic rings. The van der Waals surface area contributed by atoms with Crippen molar-refractivity contribution in [2.24, 2.45) is 29.1 Å². The Balaban J connectivity index is 1.24. The minimum absolute atomic E-state index is 0.0278. The van der Waals surface area contributed by atoms with Crippen molar-refractivity contribution in [3.05, 3.63) is 35.1 Å². The number of fused-ring (bicyclic) bond motifs is 7. The van der Waals surface area contributed by atoms with Gasteiger partial charge in [0, 0.05) is 5.92 Å². The minimum Gasteiger partial charge on any atom is -0.461 e. The molecular weight excluding hydrogens is 344 g/mol. The Morgan fingerprint density at radius 2 is 2.04 bits per heavy atom. The number of hydrogen-bond donors (Lipinski definition) is 0. The van der Waals surface area contributed by atoms with Crippen molar-refractivity contribution in [1.82, 2.24) is 0 Å². The summed E-state index contributed by atoms with van der Waals surface area (Å²) in [6, 6.07) is 0. The molecule has 5 nitrogen and oxygen atoms in total. The van der Waals surface area contributed by atoms with Crippen LogP contribution in [0, 0.1) is 29.1 Å². The van der Waals surface area contributed by atoms with Gasteiger partial charge >= 0.3 is 11.9 Å². The van der Waals surface area contributed by atoms with E-state index in [0.29, 0.717) is 11.5 Å². The van der Waals surface area contributed by atoms with Crippen LogP contribution in [0.1, 0.15) is 45.4 Å². The fourth-order valence-corrected chi connectivity index (χ4v) is 6.54. The quantitative estimate of drug-likeness (QED) is 0.323. The highest BCUT2D eigenvalue weighted by molar-refractivity contribution is 5.92. The number of esters is 2. The van der Waals surface area contributed by atoms with Crippen molar-refractivity contribution >= 4 is 11.9 Å². The number of cyclic esters (lactones) is 1. The first-order valence-electron chi connectivity index (χ1n) is 10.2. The molecule has 142 valence electrons. The van der Waals surface area contributed by atoms with Crippen LogP contribution in [0.25, 0.3) is 0 Å². The predicted octanol–water partition coefficient (Wildman–Crippen LogP) is 3.41. The van der Waals surface area contributed by atoms with Crippen LogP contribution in [0.2, 0.25) is 0 Å². The number of carbonyl (C=O) groups is 2. The summed E-state index contributed by atoms with van der Waals surface area (Å²) in [4.78, 5) is 25.0. The van der Waals surface area contributed by atoms with Gasteiger partial charge in [-0.3, -0.25) is 4.79 Å². The van der Waals surface area contributed by atoms with E-state index in [0.717, 1.165) is 25.7 Å². The molecule has 27 heavy (non-hydrogen) atoms. The summed E-state index contributed by atoms with van der Waals surface area (Å²) in [7, 11) is 0. The van der Waals surface area contributed by atoms with E-state index in [1.807, 2.05) is 6.92 Å². The van der Waals surface area contributed by atoms with Gasteiger partial charge in [0.05, 0.1) is 23.2 Å². The normalized spacial score (nSPS) is 48.0. The zero-order chi connectivity index (χ0) is 18.3. The van der Waals surface area contributed by atoms with Crippen molar-refractivity contribution < 1.29 is 23.8 Å². The van der Waals surface area contributed by atoms with E-state index < -0.39 is 11.7 Å². The van der Waals surface area contributed by atoms with Crippen LogP contribution in [-0.4, -0.2) is 24.3 Å². The van der Waals surface area contributed by atoms with Gasteiger partial charge in [0.2, 0.25) is 6.29 Å². The van der Waals surface area contributed by atoms with Crippen molar-refractivity contribution in [3.63, 3.8) is 0 Å². The molecular formula is C22H24O5. The number of hydrogen-bond acceptors (Lipinski definition) is 5. The third kappa shape index (κ3) is 1.95. The van der Waals surface area contributed by atoms with E-state index in [2.05, 4.69) is 12.2 Å². The van der Waals surface area contributed by atoms with E-state index in [4.69, 9.17) is 14.2 Å². The van der Waals surface area contributed by atoms with E-state index in [1.54, 1.807) is 6.26 Å². The maximum absolute atomic E-state index is 12.5. The van der Waals surface area contributed by atoms with E-state index in [-0.39, 0.29) is 35.8 Å². The van der Waals surface area contributed by atoms with Crippen molar-refractivity contribution in [1.29, 1.82) is 0 Å². The molecule has 2 bridgehead atoms. The summed E-state index contributed by atoms with van der Waals surface area (Å²) in [6.07, 6.45) is 11.7. The second-order valence-corrected chi connectivity index (χ2v) is 9.15. The van der Waals surface area contributed by atoms with Gasteiger partial charge in [-0.15, -0.1) is 0 Å². The summed E-state index contributed by atoms with van der Waals surface area (Å²) in [6.45, 7) is 2.00. The summed E-state index contributed by atoms with van der Waals surface area (Å²) in [5, 5.41) is 0. The van der Waals surface area contributed by atoms with Crippen LogP contribution in [0.4, 0.5) is 0 Å². The van der Waals surface area contributed by atoms with Gasteiger partial charge in [0.15, 0.2) is 0 Å². The molecule has 0 aromatic carbocycles. The molecule has 2 heterocycles. The third-order valence-electron chi connectivity index (χ3n) is 8.00. The first-order valence-corrected chi connectivity index (χ1v) is 10.2. The molecule has 0 spiro atoms. The average Bonchev–Trinajstić information content (AvgIpc) is 3.41. The molecule has 2 aliphatic heterocycles. The topological polar surface area (TPSA) is 61.8 Å². The SMILES string of the molecule is C[C@@]12C(=O)O[C@@H](O/C=C3/C(=O)O[C@@H]4C5=C(CCCC5)C[C@H]34)[C@@H]1[C@@H]1C=C[C@H]2C1. The first kappa shape index (κ1) is 16.0. The van der Waals surface area contributed by atoms with Crippen LogP contribution >= 0.6 is 0 Å². The maximum atomic E-state index is 12.5. The summed E-state index contributed by atoms with van der Waals surface area (Å²) in [5.41, 5.74) is 2.95. The van der Waals surface area contributed by atoms with Crippen LogP contribution in [0.3, 0.4) is 0 Å². The van der Waals surface area contributed by atoms with Gasteiger partial charge in [0.1, 0.15) is 6.10 Å². The average molecular weight is 368 g/mol. The Morgan fingerprint density at radius 1 is 1.19 bits per heavy atom. The number of ether oxygens (including phenoxy) is 3.